The van der Waals surface area contributed by atoms with E-state index >= 15 is 0 Å². The number of aromatic nitrogens is 3. The van der Waals surface area contributed by atoms with E-state index in [1.54, 1.807) is 24.3 Å². The maximum absolute atomic E-state index is 14.1. The first-order chi connectivity index (χ1) is 12.1. The van der Waals surface area contributed by atoms with Gasteiger partial charge in [0.05, 0.1) is 5.56 Å². The van der Waals surface area contributed by atoms with E-state index in [0.29, 0.717) is 16.5 Å². The number of rotatable bonds is 5. The van der Waals surface area contributed by atoms with Crippen LogP contribution in [0.4, 0.5) is 13.2 Å². The van der Waals surface area contributed by atoms with Crippen molar-refractivity contribution in [3.63, 3.8) is 0 Å². The molecule has 0 radical (unpaired) electrons. The molecule has 1 saturated carbocycles. The lowest BCUT2D eigenvalue weighted by molar-refractivity contribution is 0.502. The van der Waals surface area contributed by atoms with Crippen molar-refractivity contribution in [2.75, 3.05) is 0 Å². The van der Waals surface area contributed by atoms with Crippen LogP contribution in [0.3, 0.4) is 0 Å². The van der Waals surface area contributed by atoms with E-state index in [4.69, 9.17) is 0 Å². The zero-order valence-electron chi connectivity index (χ0n) is 13.1. The Morgan fingerprint density at radius 1 is 0.960 bits per heavy atom. The second-order valence-electron chi connectivity index (χ2n) is 5.89. The van der Waals surface area contributed by atoms with E-state index in [-0.39, 0.29) is 23.2 Å². The lowest BCUT2D eigenvalue weighted by Gasteiger charge is -2.09. The van der Waals surface area contributed by atoms with Gasteiger partial charge in [0.2, 0.25) is 0 Å². The van der Waals surface area contributed by atoms with Crippen molar-refractivity contribution in [2.45, 2.75) is 29.8 Å². The Kier molecular flexibility index (Phi) is 4.25. The van der Waals surface area contributed by atoms with Crippen LogP contribution in [-0.2, 0) is 5.75 Å². The van der Waals surface area contributed by atoms with Gasteiger partial charge in [-0.05, 0) is 31.0 Å². The Balaban J connectivity index is 1.65. The molecule has 0 spiro atoms. The highest BCUT2D eigenvalue weighted by Gasteiger charge is 2.31. The Labute approximate surface area is 146 Å². The lowest BCUT2D eigenvalue weighted by Crippen LogP contribution is -2.01. The van der Waals surface area contributed by atoms with E-state index in [0.717, 1.165) is 18.9 Å². The summed E-state index contributed by atoms with van der Waals surface area (Å²) in [6.07, 6.45) is 1.95. The number of halogens is 3. The van der Waals surface area contributed by atoms with Gasteiger partial charge in [0.25, 0.3) is 0 Å². The van der Waals surface area contributed by atoms with Crippen molar-refractivity contribution in [3.05, 3.63) is 65.5 Å². The predicted octanol–water partition coefficient (Wildman–Crippen LogP) is 4.99. The first-order valence-corrected chi connectivity index (χ1v) is 8.89. The first-order valence-electron chi connectivity index (χ1n) is 7.90. The molecular formula is C18H14F3N3S. The van der Waals surface area contributed by atoms with E-state index in [9.17, 15) is 13.2 Å². The molecule has 0 N–H and O–H groups in total. The summed E-state index contributed by atoms with van der Waals surface area (Å²) in [5, 5.41) is 8.89. The smallest absolute Gasteiger partial charge is 0.192 e. The van der Waals surface area contributed by atoms with Gasteiger partial charge in [0.1, 0.15) is 5.82 Å². The van der Waals surface area contributed by atoms with Gasteiger partial charge < -0.3 is 0 Å². The van der Waals surface area contributed by atoms with Crippen molar-refractivity contribution >= 4 is 11.8 Å². The summed E-state index contributed by atoms with van der Waals surface area (Å²) in [4.78, 5) is 0. The molecule has 0 aliphatic heterocycles. The average Bonchev–Trinajstić information content (AvgIpc) is 3.37. The highest BCUT2D eigenvalue weighted by Crippen LogP contribution is 2.42. The van der Waals surface area contributed by atoms with Crippen LogP contribution < -0.4 is 0 Å². The van der Waals surface area contributed by atoms with Gasteiger partial charge in [-0.1, -0.05) is 36.0 Å². The quantitative estimate of drug-likeness (QED) is 0.600. The van der Waals surface area contributed by atoms with Gasteiger partial charge in [-0.3, -0.25) is 4.57 Å². The second-order valence-corrected chi connectivity index (χ2v) is 6.83. The first kappa shape index (κ1) is 16.2. The van der Waals surface area contributed by atoms with E-state index < -0.39 is 11.6 Å². The Morgan fingerprint density at radius 2 is 1.72 bits per heavy atom. The second kappa shape index (κ2) is 6.55. The molecule has 2 aromatic carbocycles. The highest BCUT2D eigenvalue weighted by molar-refractivity contribution is 7.98. The molecule has 0 saturated heterocycles. The molecule has 1 heterocycles. The van der Waals surface area contributed by atoms with Gasteiger partial charge >= 0.3 is 0 Å². The van der Waals surface area contributed by atoms with Crippen LogP contribution in [0.15, 0.2) is 47.6 Å². The SMILES string of the molecule is Fc1ccccc1-c1nnc(SCc2cccc(F)c2F)n1C1CC1. The molecule has 25 heavy (non-hydrogen) atoms. The molecule has 1 aromatic heterocycles. The summed E-state index contributed by atoms with van der Waals surface area (Å²) < 4.78 is 43.2. The Bertz CT molecular complexity index is 922. The van der Waals surface area contributed by atoms with Gasteiger partial charge in [-0.15, -0.1) is 10.2 Å². The molecule has 7 heteroatoms. The van der Waals surface area contributed by atoms with Crippen LogP contribution in [0.25, 0.3) is 11.4 Å². The molecule has 0 amide bonds. The summed E-state index contributed by atoms with van der Waals surface area (Å²) in [5.74, 6) is -1.37. The topological polar surface area (TPSA) is 30.7 Å². The standard InChI is InChI=1S/C18H14F3N3S/c19-14-6-2-1-5-13(14)17-22-23-18(24(17)12-8-9-12)25-10-11-4-3-7-15(20)16(11)21/h1-7,12H,8-10H2. The van der Waals surface area contributed by atoms with Crippen LogP contribution in [0.5, 0.6) is 0 Å². The van der Waals surface area contributed by atoms with Crippen molar-refractivity contribution in [1.82, 2.24) is 14.8 Å². The number of benzene rings is 2. The minimum absolute atomic E-state index is 0.226. The fourth-order valence-electron chi connectivity index (χ4n) is 2.67. The number of hydrogen-bond acceptors (Lipinski definition) is 3. The predicted molar refractivity (Wildman–Crippen MR) is 89.6 cm³/mol. The van der Waals surface area contributed by atoms with Crippen LogP contribution in [-0.4, -0.2) is 14.8 Å². The van der Waals surface area contributed by atoms with E-state index in [1.807, 2.05) is 4.57 Å². The monoisotopic (exact) mass is 361 g/mol. The Morgan fingerprint density at radius 3 is 2.48 bits per heavy atom. The fraction of sp³-hybridized carbons (Fsp3) is 0.222. The summed E-state index contributed by atoms with van der Waals surface area (Å²) in [6, 6.07) is 10.8. The van der Waals surface area contributed by atoms with Crippen LogP contribution >= 0.6 is 11.8 Å². The van der Waals surface area contributed by atoms with Crippen molar-refractivity contribution in [2.24, 2.45) is 0 Å². The van der Waals surface area contributed by atoms with Crippen LogP contribution in [0.1, 0.15) is 24.4 Å². The van der Waals surface area contributed by atoms with Crippen LogP contribution in [0, 0.1) is 17.5 Å². The summed E-state index contributed by atoms with van der Waals surface area (Å²) in [7, 11) is 0. The number of hydrogen-bond donors (Lipinski definition) is 0. The molecule has 1 aliphatic carbocycles. The minimum atomic E-state index is -0.867. The van der Waals surface area contributed by atoms with Crippen molar-refractivity contribution in [3.8, 4) is 11.4 Å². The van der Waals surface area contributed by atoms with Gasteiger partial charge in [-0.2, -0.15) is 0 Å². The minimum Gasteiger partial charge on any atom is -0.299 e. The zero-order valence-corrected chi connectivity index (χ0v) is 13.9. The molecule has 1 fully saturated rings. The van der Waals surface area contributed by atoms with E-state index in [1.165, 1.54) is 23.9 Å². The molecule has 128 valence electrons. The summed E-state index contributed by atoms with van der Waals surface area (Å²) in [5.41, 5.74) is 0.661. The van der Waals surface area contributed by atoms with Gasteiger partial charge in [-0.25, -0.2) is 13.2 Å². The normalized spacial score (nSPS) is 14.0. The highest BCUT2D eigenvalue weighted by atomic mass is 32.2. The molecule has 1 aliphatic rings. The molecule has 4 rings (SSSR count). The third kappa shape index (κ3) is 3.16. The fourth-order valence-corrected chi connectivity index (χ4v) is 3.65. The maximum atomic E-state index is 14.1. The third-order valence-electron chi connectivity index (χ3n) is 4.08. The van der Waals surface area contributed by atoms with E-state index in [2.05, 4.69) is 10.2 Å². The largest absolute Gasteiger partial charge is 0.299 e. The van der Waals surface area contributed by atoms with Gasteiger partial charge in [0, 0.05) is 17.4 Å². The lowest BCUT2D eigenvalue weighted by atomic mass is 10.2. The zero-order chi connectivity index (χ0) is 17.4. The van der Waals surface area contributed by atoms with Crippen molar-refractivity contribution in [1.29, 1.82) is 0 Å². The number of nitrogens with zero attached hydrogens (tertiary/aromatic N) is 3. The summed E-state index contributed by atoms with van der Waals surface area (Å²) >= 11 is 1.27. The van der Waals surface area contributed by atoms with Crippen LogP contribution in [0.2, 0.25) is 0 Å². The number of thioether (sulfide) groups is 1. The Hall–Kier alpha value is -2.28. The maximum Gasteiger partial charge on any atom is 0.192 e. The molecule has 3 aromatic rings. The summed E-state index contributed by atoms with van der Waals surface area (Å²) in [6.45, 7) is 0. The molecule has 3 nitrogen and oxygen atoms in total. The molecular weight excluding hydrogens is 347 g/mol. The average molecular weight is 361 g/mol. The van der Waals surface area contributed by atoms with Gasteiger partial charge in [0.15, 0.2) is 22.6 Å². The molecule has 0 unspecified atom stereocenters. The van der Waals surface area contributed by atoms with Crippen molar-refractivity contribution < 1.29 is 13.2 Å². The molecule has 0 atom stereocenters. The molecule has 0 bridgehead atoms. The third-order valence-corrected chi connectivity index (χ3v) is 5.07.